The lowest BCUT2D eigenvalue weighted by Gasteiger charge is -2.20. The highest BCUT2D eigenvalue weighted by Gasteiger charge is 2.27. The predicted octanol–water partition coefficient (Wildman–Crippen LogP) is 3.44. The molecule has 0 saturated heterocycles. The van der Waals surface area contributed by atoms with Crippen LogP contribution in [0.2, 0.25) is 0 Å². The average molecular weight is 310 g/mol. The van der Waals surface area contributed by atoms with Gasteiger partial charge in [-0.2, -0.15) is 0 Å². The van der Waals surface area contributed by atoms with Gasteiger partial charge in [0.05, 0.1) is 5.52 Å². The number of nitrogens with zero attached hydrogens (tertiary/aromatic N) is 3. The van der Waals surface area contributed by atoms with E-state index >= 15 is 0 Å². The quantitative estimate of drug-likeness (QED) is 0.731. The number of aryl methyl sites for hydroxylation is 1. The van der Waals surface area contributed by atoms with Crippen molar-refractivity contribution in [2.24, 2.45) is 0 Å². The lowest BCUT2D eigenvalue weighted by molar-refractivity contribution is 0.266. The van der Waals surface area contributed by atoms with Crippen molar-refractivity contribution in [1.82, 2.24) is 14.5 Å². The molecule has 0 N–H and O–H groups in total. The van der Waals surface area contributed by atoms with E-state index in [4.69, 9.17) is 11.6 Å². The Labute approximate surface area is 129 Å². The highest BCUT2D eigenvalue weighted by molar-refractivity contribution is 6.17. The van der Waals surface area contributed by atoms with Crippen molar-refractivity contribution in [1.29, 1.82) is 0 Å². The van der Waals surface area contributed by atoms with E-state index < -0.39 is 0 Å². The molecule has 0 spiro atoms. The number of aromatic nitrogens is 2. The second-order valence-electron chi connectivity index (χ2n) is 5.59. The molecule has 1 saturated carbocycles. The van der Waals surface area contributed by atoms with Crippen LogP contribution in [-0.2, 0) is 13.0 Å². The summed E-state index contributed by atoms with van der Waals surface area (Å²) in [4.78, 5) is 6.95. The summed E-state index contributed by atoms with van der Waals surface area (Å²) in [6.45, 7) is 5.09. The van der Waals surface area contributed by atoms with Gasteiger partial charge >= 0.3 is 0 Å². The summed E-state index contributed by atoms with van der Waals surface area (Å²) >= 11 is 5.87. The highest BCUT2D eigenvalue weighted by Crippen LogP contribution is 2.27. The number of para-hydroxylation sites is 1. The summed E-state index contributed by atoms with van der Waals surface area (Å²) in [5.41, 5.74) is 1.34. The number of hydrogen-bond donors (Lipinski definition) is 0. The van der Waals surface area contributed by atoms with Crippen LogP contribution in [0.25, 0.3) is 11.0 Å². The molecule has 0 atom stereocenters. The van der Waals surface area contributed by atoms with Gasteiger partial charge in [-0.3, -0.25) is 4.90 Å². The Hall–Kier alpha value is -1.13. The SMILES string of the molecule is CCN(CCn1c(CCCl)nc2c(F)cccc21)C1CC1. The van der Waals surface area contributed by atoms with E-state index in [1.165, 1.54) is 18.9 Å². The summed E-state index contributed by atoms with van der Waals surface area (Å²) in [6, 6.07) is 5.90. The van der Waals surface area contributed by atoms with Gasteiger partial charge < -0.3 is 4.57 Å². The van der Waals surface area contributed by atoms with E-state index in [9.17, 15) is 4.39 Å². The van der Waals surface area contributed by atoms with E-state index in [0.29, 0.717) is 17.8 Å². The molecule has 0 unspecified atom stereocenters. The van der Waals surface area contributed by atoms with Crippen LogP contribution in [-0.4, -0.2) is 39.5 Å². The summed E-state index contributed by atoms with van der Waals surface area (Å²) < 4.78 is 16.0. The Balaban J connectivity index is 1.87. The largest absolute Gasteiger partial charge is 0.327 e. The highest BCUT2D eigenvalue weighted by atomic mass is 35.5. The Morgan fingerprint density at radius 1 is 1.43 bits per heavy atom. The van der Waals surface area contributed by atoms with Crippen molar-refractivity contribution in [2.75, 3.05) is 19.0 Å². The van der Waals surface area contributed by atoms with E-state index in [1.807, 2.05) is 6.07 Å². The molecule has 3 nitrogen and oxygen atoms in total. The first kappa shape index (κ1) is 14.8. The minimum Gasteiger partial charge on any atom is -0.327 e. The standard InChI is InChI=1S/C16H21ClFN3/c1-2-20(12-6-7-12)10-11-21-14-5-3-4-13(18)16(14)19-15(21)8-9-17/h3-5,12H,2,6-11H2,1H3. The minimum absolute atomic E-state index is 0.253. The smallest absolute Gasteiger partial charge is 0.151 e. The van der Waals surface area contributed by atoms with Crippen molar-refractivity contribution in [3.63, 3.8) is 0 Å². The first-order chi connectivity index (χ1) is 10.2. The number of alkyl halides is 1. The molecule has 0 radical (unpaired) electrons. The Morgan fingerprint density at radius 2 is 2.24 bits per heavy atom. The van der Waals surface area contributed by atoms with Gasteiger partial charge in [-0.1, -0.05) is 13.0 Å². The number of fused-ring (bicyclic) bond motifs is 1. The van der Waals surface area contributed by atoms with Crippen LogP contribution in [0.5, 0.6) is 0 Å². The zero-order valence-corrected chi connectivity index (χ0v) is 13.1. The zero-order valence-electron chi connectivity index (χ0n) is 12.4. The molecule has 0 aliphatic heterocycles. The zero-order chi connectivity index (χ0) is 14.8. The normalized spacial score (nSPS) is 15.2. The Kier molecular flexibility index (Phi) is 4.45. The first-order valence-corrected chi connectivity index (χ1v) is 8.21. The fourth-order valence-corrected chi connectivity index (χ4v) is 3.12. The fraction of sp³-hybridized carbons (Fsp3) is 0.562. The lowest BCUT2D eigenvalue weighted by atomic mass is 10.3. The van der Waals surface area contributed by atoms with E-state index in [0.717, 1.165) is 37.0 Å². The summed E-state index contributed by atoms with van der Waals surface area (Å²) in [5, 5.41) is 0. The second-order valence-corrected chi connectivity index (χ2v) is 5.96. The van der Waals surface area contributed by atoms with Crippen LogP contribution in [0.4, 0.5) is 4.39 Å². The summed E-state index contributed by atoms with van der Waals surface area (Å²) in [6.07, 6.45) is 3.29. The molecule has 1 aliphatic rings. The average Bonchev–Trinajstić information content (AvgIpc) is 3.25. The number of imidazole rings is 1. The maximum atomic E-state index is 13.9. The second kappa shape index (κ2) is 6.32. The third-order valence-corrected chi connectivity index (χ3v) is 4.40. The molecule has 5 heteroatoms. The number of likely N-dealkylation sites (N-methyl/N-ethyl adjacent to an activating group) is 1. The molecule has 0 amide bonds. The molecule has 1 aromatic heterocycles. The molecule has 21 heavy (non-hydrogen) atoms. The van der Waals surface area contributed by atoms with Crippen molar-refractivity contribution in [3.05, 3.63) is 29.8 Å². The van der Waals surface area contributed by atoms with Crippen LogP contribution < -0.4 is 0 Å². The molecule has 2 aromatic rings. The molecule has 0 bridgehead atoms. The van der Waals surface area contributed by atoms with E-state index in [2.05, 4.69) is 21.4 Å². The third kappa shape index (κ3) is 3.06. The summed E-state index contributed by atoms with van der Waals surface area (Å²) in [7, 11) is 0. The van der Waals surface area contributed by atoms with Gasteiger partial charge in [0, 0.05) is 31.4 Å². The number of halogens is 2. The van der Waals surface area contributed by atoms with Crippen LogP contribution in [0.15, 0.2) is 18.2 Å². The van der Waals surface area contributed by atoms with Crippen LogP contribution >= 0.6 is 11.6 Å². The maximum Gasteiger partial charge on any atom is 0.151 e. The fourth-order valence-electron chi connectivity index (χ4n) is 2.95. The molecule has 3 rings (SSSR count). The lowest BCUT2D eigenvalue weighted by Crippen LogP contribution is -2.29. The van der Waals surface area contributed by atoms with Gasteiger partial charge in [-0.15, -0.1) is 11.6 Å². The van der Waals surface area contributed by atoms with Crippen LogP contribution in [0.1, 0.15) is 25.6 Å². The van der Waals surface area contributed by atoms with Gasteiger partial charge in [-0.05, 0) is 31.5 Å². The van der Waals surface area contributed by atoms with Crippen molar-refractivity contribution in [3.8, 4) is 0 Å². The van der Waals surface area contributed by atoms with Crippen molar-refractivity contribution < 1.29 is 4.39 Å². The number of rotatable bonds is 7. The molecule has 1 heterocycles. The van der Waals surface area contributed by atoms with Gasteiger partial charge in [0.2, 0.25) is 0 Å². The first-order valence-electron chi connectivity index (χ1n) is 7.68. The van der Waals surface area contributed by atoms with Gasteiger partial charge in [0.1, 0.15) is 11.3 Å². The van der Waals surface area contributed by atoms with Gasteiger partial charge in [0.15, 0.2) is 5.82 Å². The van der Waals surface area contributed by atoms with Crippen molar-refractivity contribution >= 4 is 22.6 Å². The molecule has 1 aliphatic carbocycles. The monoisotopic (exact) mass is 309 g/mol. The summed E-state index contributed by atoms with van der Waals surface area (Å²) in [5.74, 6) is 1.14. The van der Waals surface area contributed by atoms with Crippen LogP contribution in [0, 0.1) is 5.82 Å². The minimum atomic E-state index is -0.253. The van der Waals surface area contributed by atoms with E-state index in [-0.39, 0.29) is 5.82 Å². The topological polar surface area (TPSA) is 21.1 Å². The van der Waals surface area contributed by atoms with Gasteiger partial charge in [-0.25, -0.2) is 9.37 Å². The molecular formula is C16H21ClFN3. The third-order valence-electron chi connectivity index (χ3n) is 4.21. The Bertz CT molecular complexity index is 621. The maximum absolute atomic E-state index is 13.9. The Morgan fingerprint density at radius 3 is 2.90 bits per heavy atom. The van der Waals surface area contributed by atoms with Crippen LogP contribution in [0.3, 0.4) is 0 Å². The molecule has 114 valence electrons. The number of hydrogen-bond acceptors (Lipinski definition) is 2. The number of benzene rings is 1. The van der Waals surface area contributed by atoms with Crippen molar-refractivity contribution in [2.45, 2.75) is 38.8 Å². The van der Waals surface area contributed by atoms with Gasteiger partial charge in [0.25, 0.3) is 0 Å². The molecule has 1 aromatic carbocycles. The molecular weight excluding hydrogens is 289 g/mol. The predicted molar refractivity (Wildman–Crippen MR) is 84.4 cm³/mol. The van der Waals surface area contributed by atoms with E-state index in [1.54, 1.807) is 6.07 Å². The molecule has 1 fully saturated rings.